The summed E-state index contributed by atoms with van der Waals surface area (Å²) in [7, 11) is 0. The van der Waals surface area contributed by atoms with Crippen LogP contribution in [0, 0.1) is 16.7 Å². The smallest absolute Gasteiger partial charge is 0.0954 e. The van der Waals surface area contributed by atoms with Crippen LogP contribution in [0.2, 0.25) is 0 Å². The van der Waals surface area contributed by atoms with Crippen LogP contribution in [0.5, 0.6) is 0 Å². The van der Waals surface area contributed by atoms with Gasteiger partial charge >= 0.3 is 0 Å². The fraction of sp³-hybridized carbons (Fsp3) is 0.917. The van der Waals surface area contributed by atoms with Gasteiger partial charge in [0.15, 0.2) is 0 Å². The van der Waals surface area contributed by atoms with Crippen molar-refractivity contribution in [3.63, 3.8) is 0 Å². The zero-order valence-electron chi connectivity index (χ0n) is 10.1. The van der Waals surface area contributed by atoms with Gasteiger partial charge in [0, 0.05) is 19.5 Å². The zero-order valence-corrected chi connectivity index (χ0v) is 10.1. The maximum atomic E-state index is 7.78. The minimum Gasteiger partial charge on any atom is -0.361 e. The standard InChI is InChI=1S/C12H24N2/c1-5-11(13)14-8-6-10(7-9-14)12(2,3)4/h10,13H,5-9H2,1-4H3. The largest absolute Gasteiger partial charge is 0.361 e. The number of nitrogens with one attached hydrogen (secondary N) is 1. The monoisotopic (exact) mass is 196 g/mol. The van der Waals surface area contributed by atoms with E-state index in [1.165, 1.54) is 12.8 Å². The van der Waals surface area contributed by atoms with Crippen molar-refractivity contribution in [2.24, 2.45) is 11.3 Å². The molecule has 0 aromatic rings. The van der Waals surface area contributed by atoms with Crippen molar-refractivity contribution in [1.29, 1.82) is 5.41 Å². The predicted molar refractivity (Wildman–Crippen MR) is 61.8 cm³/mol. The fourth-order valence-electron chi connectivity index (χ4n) is 2.24. The van der Waals surface area contributed by atoms with E-state index in [1.54, 1.807) is 0 Å². The van der Waals surface area contributed by atoms with Gasteiger partial charge in [0.1, 0.15) is 0 Å². The highest BCUT2D eigenvalue weighted by atomic mass is 15.2. The van der Waals surface area contributed by atoms with E-state index < -0.39 is 0 Å². The van der Waals surface area contributed by atoms with Gasteiger partial charge in [-0.1, -0.05) is 27.7 Å². The number of hydrogen-bond donors (Lipinski definition) is 1. The molecular formula is C12H24N2. The molecule has 0 aromatic heterocycles. The first-order valence-electron chi connectivity index (χ1n) is 5.77. The van der Waals surface area contributed by atoms with E-state index >= 15 is 0 Å². The lowest BCUT2D eigenvalue weighted by Gasteiger charge is -2.39. The molecule has 0 spiro atoms. The summed E-state index contributed by atoms with van der Waals surface area (Å²) in [5.41, 5.74) is 0.445. The molecule has 0 saturated carbocycles. The second-order valence-electron chi connectivity index (χ2n) is 5.43. The van der Waals surface area contributed by atoms with Crippen molar-refractivity contribution in [3.05, 3.63) is 0 Å². The average Bonchev–Trinajstić information content (AvgIpc) is 2.15. The lowest BCUT2D eigenvalue weighted by atomic mass is 9.75. The summed E-state index contributed by atoms with van der Waals surface area (Å²) in [6, 6.07) is 0. The molecule has 0 aliphatic carbocycles. The molecule has 1 N–H and O–H groups in total. The Hall–Kier alpha value is -0.530. The van der Waals surface area contributed by atoms with Crippen LogP contribution >= 0.6 is 0 Å². The Morgan fingerprint density at radius 3 is 2.14 bits per heavy atom. The molecule has 0 radical (unpaired) electrons. The molecule has 1 heterocycles. The molecule has 2 nitrogen and oxygen atoms in total. The third kappa shape index (κ3) is 2.73. The number of hydrogen-bond acceptors (Lipinski definition) is 1. The molecule has 0 unspecified atom stereocenters. The number of likely N-dealkylation sites (tertiary alicyclic amines) is 1. The first-order chi connectivity index (χ1) is 6.45. The van der Waals surface area contributed by atoms with Crippen LogP contribution in [-0.2, 0) is 0 Å². The second kappa shape index (κ2) is 4.33. The number of nitrogens with zero attached hydrogens (tertiary/aromatic N) is 1. The van der Waals surface area contributed by atoms with Crippen molar-refractivity contribution >= 4 is 5.84 Å². The average molecular weight is 196 g/mol. The Morgan fingerprint density at radius 1 is 1.29 bits per heavy atom. The third-order valence-electron chi connectivity index (χ3n) is 3.44. The van der Waals surface area contributed by atoms with Gasteiger partial charge < -0.3 is 4.90 Å². The highest BCUT2D eigenvalue weighted by Gasteiger charge is 2.28. The van der Waals surface area contributed by atoms with Gasteiger partial charge in [-0.2, -0.15) is 0 Å². The molecular weight excluding hydrogens is 172 g/mol. The minimum atomic E-state index is 0.445. The van der Waals surface area contributed by atoms with Crippen LogP contribution in [0.3, 0.4) is 0 Å². The Labute approximate surface area is 88.2 Å². The van der Waals surface area contributed by atoms with Crippen molar-refractivity contribution in [3.8, 4) is 0 Å². The van der Waals surface area contributed by atoms with Gasteiger partial charge in [-0.3, -0.25) is 5.41 Å². The minimum absolute atomic E-state index is 0.445. The van der Waals surface area contributed by atoms with Crippen LogP contribution < -0.4 is 0 Å². The van der Waals surface area contributed by atoms with Gasteiger partial charge in [-0.15, -0.1) is 0 Å². The van der Waals surface area contributed by atoms with Crippen LogP contribution in [0.25, 0.3) is 0 Å². The normalized spacial score (nSPS) is 19.9. The molecule has 1 aliphatic rings. The molecule has 0 atom stereocenters. The van der Waals surface area contributed by atoms with Crippen molar-refractivity contribution < 1.29 is 0 Å². The van der Waals surface area contributed by atoms with Gasteiger partial charge in [0.2, 0.25) is 0 Å². The summed E-state index contributed by atoms with van der Waals surface area (Å²) in [6.45, 7) is 11.2. The van der Waals surface area contributed by atoms with E-state index in [1.807, 2.05) is 0 Å². The first kappa shape index (κ1) is 11.5. The van der Waals surface area contributed by atoms with Gasteiger partial charge in [0.25, 0.3) is 0 Å². The highest BCUT2D eigenvalue weighted by molar-refractivity contribution is 5.78. The highest BCUT2D eigenvalue weighted by Crippen LogP contribution is 2.34. The maximum absolute atomic E-state index is 7.78. The Kier molecular flexibility index (Phi) is 3.57. The molecule has 0 bridgehead atoms. The topological polar surface area (TPSA) is 27.1 Å². The summed E-state index contributed by atoms with van der Waals surface area (Å²) in [5.74, 6) is 1.65. The summed E-state index contributed by atoms with van der Waals surface area (Å²) in [6.07, 6.45) is 3.39. The van der Waals surface area contributed by atoms with Crippen LogP contribution in [0.1, 0.15) is 47.0 Å². The lowest BCUT2D eigenvalue weighted by molar-refractivity contribution is 0.148. The summed E-state index contributed by atoms with van der Waals surface area (Å²) in [4.78, 5) is 2.24. The third-order valence-corrected chi connectivity index (χ3v) is 3.44. The van der Waals surface area contributed by atoms with E-state index in [0.717, 1.165) is 31.3 Å². The summed E-state index contributed by atoms with van der Waals surface area (Å²) < 4.78 is 0. The summed E-state index contributed by atoms with van der Waals surface area (Å²) >= 11 is 0. The SMILES string of the molecule is CCC(=N)N1CCC(C(C)(C)C)CC1. The van der Waals surface area contributed by atoms with Gasteiger partial charge in [-0.25, -0.2) is 0 Å². The molecule has 14 heavy (non-hydrogen) atoms. The Balaban J connectivity index is 2.43. The predicted octanol–water partition coefficient (Wildman–Crippen LogP) is 3.13. The number of piperidine rings is 1. The van der Waals surface area contributed by atoms with E-state index in [0.29, 0.717) is 5.41 Å². The molecule has 1 saturated heterocycles. The van der Waals surface area contributed by atoms with E-state index in [9.17, 15) is 0 Å². The van der Waals surface area contributed by atoms with Crippen LogP contribution in [0.4, 0.5) is 0 Å². The maximum Gasteiger partial charge on any atom is 0.0954 e. The van der Waals surface area contributed by atoms with Crippen molar-refractivity contribution in [1.82, 2.24) is 4.90 Å². The van der Waals surface area contributed by atoms with E-state index in [2.05, 4.69) is 32.6 Å². The second-order valence-corrected chi connectivity index (χ2v) is 5.43. The molecule has 2 heteroatoms. The molecule has 1 aliphatic heterocycles. The molecule has 1 rings (SSSR count). The quantitative estimate of drug-likeness (QED) is 0.506. The Morgan fingerprint density at radius 2 is 1.79 bits per heavy atom. The van der Waals surface area contributed by atoms with E-state index in [4.69, 9.17) is 5.41 Å². The molecule has 82 valence electrons. The molecule has 1 fully saturated rings. The number of amidine groups is 1. The van der Waals surface area contributed by atoms with Crippen molar-refractivity contribution in [2.75, 3.05) is 13.1 Å². The van der Waals surface area contributed by atoms with Gasteiger partial charge in [-0.05, 0) is 24.2 Å². The zero-order chi connectivity index (χ0) is 10.8. The van der Waals surface area contributed by atoms with Crippen LogP contribution in [0.15, 0.2) is 0 Å². The lowest BCUT2D eigenvalue weighted by Crippen LogP contribution is -2.40. The fourth-order valence-corrected chi connectivity index (χ4v) is 2.24. The number of rotatable bonds is 1. The van der Waals surface area contributed by atoms with Gasteiger partial charge in [0.05, 0.1) is 5.84 Å². The summed E-state index contributed by atoms with van der Waals surface area (Å²) in [5, 5.41) is 7.78. The van der Waals surface area contributed by atoms with E-state index in [-0.39, 0.29) is 0 Å². The molecule has 0 aromatic carbocycles. The van der Waals surface area contributed by atoms with Crippen molar-refractivity contribution in [2.45, 2.75) is 47.0 Å². The Bertz CT molecular complexity index is 195. The van der Waals surface area contributed by atoms with Crippen LogP contribution in [-0.4, -0.2) is 23.8 Å². The molecule has 0 amide bonds. The first-order valence-corrected chi connectivity index (χ1v) is 5.77.